The van der Waals surface area contributed by atoms with Crippen molar-refractivity contribution in [2.75, 3.05) is 4.90 Å². The van der Waals surface area contributed by atoms with Crippen molar-refractivity contribution in [3.63, 3.8) is 0 Å². The van der Waals surface area contributed by atoms with Gasteiger partial charge in [0.05, 0.1) is 0 Å². The van der Waals surface area contributed by atoms with Gasteiger partial charge in [-0.05, 0) is 64.5 Å². The summed E-state index contributed by atoms with van der Waals surface area (Å²) in [5, 5.41) is 2.21. The molecule has 0 bridgehead atoms. The van der Waals surface area contributed by atoms with Gasteiger partial charge < -0.3 is 4.90 Å². The molecule has 5 rings (SSSR count). The molecule has 0 amide bonds. The number of nitrogens with zero attached hydrogens (tertiary/aromatic N) is 1. The van der Waals surface area contributed by atoms with E-state index in [-0.39, 0.29) is 0 Å². The number of anilines is 3. The summed E-state index contributed by atoms with van der Waals surface area (Å²) in [4.78, 5) is 3.57. The fourth-order valence-corrected chi connectivity index (χ4v) is 4.61. The molecule has 0 atom stereocenters. The second-order valence-electron chi connectivity index (χ2n) is 7.54. The van der Waals surface area contributed by atoms with E-state index in [2.05, 4.69) is 132 Å². The lowest BCUT2D eigenvalue weighted by molar-refractivity contribution is 1.28. The highest BCUT2D eigenvalue weighted by Crippen LogP contribution is 2.34. The lowest BCUT2D eigenvalue weighted by Gasteiger charge is -2.25. The first kappa shape index (κ1) is 20.0. The Bertz CT molecular complexity index is 1250. The van der Waals surface area contributed by atoms with Crippen molar-refractivity contribution in [1.82, 2.24) is 0 Å². The molecule has 0 fully saturated rings. The van der Waals surface area contributed by atoms with E-state index in [1.54, 1.807) is 11.3 Å². The molecule has 0 saturated heterocycles. The molecule has 0 N–H and O–H groups in total. The van der Waals surface area contributed by atoms with Gasteiger partial charge in [0, 0.05) is 21.9 Å². The smallest absolute Gasteiger partial charge is 0.0462 e. The molecule has 0 aliphatic carbocycles. The molecule has 1 aromatic heterocycles. The fraction of sp³-hybridized carbons (Fsp3) is 0. The quantitative estimate of drug-likeness (QED) is 0.260. The van der Waals surface area contributed by atoms with Crippen LogP contribution < -0.4 is 4.90 Å². The molecule has 0 unspecified atom stereocenters. The third-order valence-electron chi connectivity index (χ3n) is 5.33. The second-order valence-corrected chi connectivity index (χ2v) is 8.45. The monoisotopic (exact) mass is 429 g/mol. The van der Waals surface area contributed by atoms with Crippen molar-refractivity contribution in [3.8, 4) is 10.4 Å². The first-order chi connectivity index (χ1) is 15.9. The standard InChI is InChI=1S/C30H23NS/c1-4-10-26(11-5-1)30-22-25(23-32-30)17-16-24-18-20-29(21-19-24)31(27-12-6-2-7-13-27)28-14-8-3-9-15-28/h1-23H/b17-16+. The summed E-state index contributed by atoms with van der Waals surface area (Å²) < 4.78 is 0. The topological polar surface area (TPSA) is 3.24 Å². The Morgan fingerprint density at radius 1 is 0.500 bits per heavy atom. The van der Waals surface area contributed by atoms with Gasteiger partial charge >= 0.3 is 0 Å². The van der Waals surface area contributed by atoms with Crippen LogP contribution in [0.25, 0.3) is 22.6 Å². The highest BCUT2D eigenvalue weighted by molar-refractivity contribution is 7.13. The van der Waals surface area contributed by atoms with Crippen molar-refractivity contribution in [2.45, 2.75) is 0 Å². The van der Waals surface area contributed by atoms with E-state index >= 15 is 0 Å². The zero-order valence-corrected chi connectivity index (χ0v) is 18.5. The third kappa shape index (κ3) is 4.56. The average Bonchev–Trinajstić information content (AvgIpc) is 3.35. The Morgan fingerprint density at radius 2 is 1.00 bits per heavy atom. The number of para-hydroxylation sites is 2. The lowest BCUT2D eigenvalue weighted by atomic mass is 10.1. The van der Waals surface area contributed by atoms with Crippen molar-refractivity contribution in [3.05, 3.63) is 138 Å². The number of hydrogen-bond donors (Lipinski definition) is 0. The van der Waals surface area contributed by atoms with Crippen LogP contribution in [0.4, 0.5) is 17.1 Å². The first-order valence-electron chi connectivity index (χ1n) is 10.7. The van der Waals surface area contributed by atoms with Crippen LogP contribution in [-0.4, -0.2) is 0 Å². The molecule has 0 radical (unpaired) electrons. The number of thiophene rings is 1. The zero-order chi connectivity index (χ0) is 21.6. The Kier molecular flexibility index (Phi) is 5.95. The van der Waals surface area contributed by atoms with Crippen LogP contribution in [-0.2, 0) is 0 Å². The summed E-state index contributed by atoms with van der Waals surface area (Å²) in [5.41, 5.74) is 7.11. The molecule has 154 valence electrons. The van der Waals surface area contributed by atoms with E-state index in [9.17, 15) is 0 Å². The molecule has 0 aliphatic heterocycles. The third-order valence-corrected chi connectivity index (χ3v) is 6.32. The van der Waals surface area contributed by atoms with Gasteiger partial charge in [0.15, 0.2) is 0 Å². The van der Waals surface area contributed by atoms with Gasteiger partial charge in [0.2, 0.25) is 0 Å². The van der Waals surface area contributed by atoms with Crippen LogP contribution in [0.1, 0.15) is 11.1 Å². The summed E-state index contributed by atoms with van der Waals surface area (Å²) in [6.07, 6.45) is 4.36. The molecule has 1 nitrogen and oxygen atoms in total. The maximum absolute atomic E-state index is 2.28. The van der Waals surface area contributed by atoms with E-state index < -0.39 is 0 Å². The maximum Gasteiger partial charge on any atom is 0.0462 e. The van der Waals surface area contributed by atoms with Gasteiger partial charge in [-0.15, -0.1) is 11.3 Å². The molecule has 0 saturated carbocycles. The summed E-state index contributed by atoms with van der Waals surface area (Å²) >= 11 is 1.78. The van der Waals surface area contributed by atoms with Crippen LogP contribution in [0, 0.1) is 0 Å². The largest absolute Gasteiger partial charge is 0.311 e. The Hall–Kier alpha value is -3.88. The molecule has 0 spiro atoms. The van der Waals surface area contributed by atoms with Crippen LogP contribution in [0.2, 0.25) is 0 Å². The van der Waals surface area contributed by atoms with E-state index in [1.807, 2.05) is 12.1 Å². The van der Waals surface area contributed by atoms with Gasteiger partial charge in [-0.2, -0.15) is 0 Å². The molecule has 1 heterocycles. The second kappa shape index (κ2) is 9.51. The van der Waals surface area contributed by atoms with Crippen LogP contribution in [0.15, 0.2) is 127 Å². The van der Waals surface area contributed by atoms with Gasteiger partial charge in [-0.1, -0.05) is 91.0 Å². The van der Waals surface area contributed by atoms with Gasteiger partial charge in [0.25, 0.3) is 0 Å². The normalized spacial score (nSPS) is 11.0. The molecule has 5 aromatic rings. The molecule has 0 aliphatic rings. The Morgan fingerprint density at radius 3 is 1.59 bits per heavy atom. The number of benzene rings is 4. The summed E-state index contributed by atoms with van der Waals surface area (Å²) in [6.45, 7) is 0. The molecule has 2 heteroatoms. The van der Waals surface area contributed by atoms with Gasteiger partial charge in [-0.25, -0.2) is 0 Å². The SMILES string of the molecule is C(=C\c1csc(-c2ccccc2)c1)/c1ccc(N(c2ccccc2)c2ccccc2)cc1. The first-order valence-corrected chi connectivity index (χ1v) is 11.6. The minimum Gasteiger partial charge on any atom is -0.311 e. The van der Waals surface area contributed by atoms with Crippen LogP contribution in [0.3, 0.4) is 0 Å². The van der Waals surface area contributed by atoms with E-state index in [4.69, 9.17) is 0 Å². The van der Waals surface area contributed by atoms with Crippen LogP contribution in [0.5, 0.6) is 0 Å². The fourth-order valence-electron chi connectivity index (χ4n) is 3.72. The van der Waals surface area contributed by atoms with Gasteiger partial charge in [-0.3, -0.25) is 0 Å². The van der Waals surface area contributed by atoms with Crippen molar-refractivity contribution >= 4 is 40.6 Å². The molecular formula is C30H23NS. The van der Waals surface area contributed by atoms with Crippen molar-refractivity contribution < 1.29 is 0 Å². The van der Waals surface area contributed by atoms with Gasteiger partial charge in [0.1, 0.15) is 0 Å². The zero-order valence-electron chi connectivity index (χ0n) is 17.6. The highest BCUT2D eigenvalue weighted by Gasteiger charge is 2.11. The minimum atomic E-state index is 1.14. The Labute approximate surface area is 193 Å². The summed E-state index contributed by atoms with van der Waals surface area (Å²) in [7, 11) is 0. The van der Waals surface area contributed by atoms with E-state index in [0.29, 0.717) is 0 Å². The van der Waals surface area contributed by atoms with E-state index in [1.165, 1.54) is 21.6 Å². The average molecular weight is 430 g/mol. The number of rotatable bonds is 6. The number of hydrogen-bond acceptors (Lipinski definition) is 2. The molecule has 4 aromatic carbocycles. The maximum atomic E-state index is 2.28. The minimum absolute atomic E-state index is 1.14. The molecular weight excluding hydrogens is 406 g/mol. The van der Waals surface area contributed by atoms with Crippen molar-refractivity contribution in [2.24, 2.45) is 0 Å². The lowest BCUT2D eigenvalue weighted by Crippen LogP contribution is -2.09. The van der Waals surface area contributed by atoms with E-state index in [0.717, 1.165) is 17.1 Å². The predicted molar refractivity (Wildman–Crippen MR) is 140 cm³/mol. The summed E-state index contributed by atoms with van der Waals surface area (Å²) in [6, 6.07) is 42.5. The summed E-state index contributed by atoms with van der Waals surface area (Å²) in [5.74, 6) is 0. The molecule has 32 heavy (non-hydrogen) atoms. The van der Waals surface area contributed by atoms with Crippen molar-refractivity contribution in [1.29, 1.82) is 0 Å². The van der Waals surface area contributed by atoms with Crippen LogP contribution >= 0.6 is 11.3 Å². The Balaban J connectivity index is 1.38. The predicted octanol–water partition coefficient (Wildman–Crippen LogP) is 9.06. The highest BCUT2D eigenvalue weighted by atomic mass is 32.1.